The highest BCUT2D eigenvalue weighted by atomic mass is 79.9. The molecule has 2 rings (SSSR count). The van der Waals surface area contributed by atoms with E-state index in [1.165, 1.54) is 17.4 Å². The second kappa shape index (κ2) is 5.36. The zero-order chi connectivity index (χ0) is 13.1. The summed E-state index contributed by atoms with van der Waals surface area (Å²) in [5.74, 6) is -1.62. The number of hydrogen-bond donors (Lipinski definition) is 2. The largest absolute Gasteiger partial charge is 0.479 e. The van der Waals surface area contributed by atoms with Gasteiger partial charge in [-0.25, -0.2) is 4.79 Å². The molecule has 0 fully saturated rings. The molecule has 94 valence electrons. The molecule has 2 heterocycles. The number of halogens is 1. The van der Waals surface area contributed by atoms with Gasteiger partial charge >= 0.3 is 5.97 Å². The quantitative estimate of drug-likeness (QED) is 0.903. The van der Waals surface area contributed by atoms with Crippen molar-refractivity contribution in [2.45, 2.75) is 6.04 Å². The van der Waals surface area contributed by atoms with Crippen LogP contribution in [0.1, 0.15) is 21.5 Å². The van der Waals surface area contributed by atoms with Gasteiger partial charge in [-0.05, 0) is 39.5 Å². The first kappa shape index (κ1) is 12.8. The van der Waals surface area contributed by atoms with Gasteiger partial charge in [0.15, 0.2) is 16.5 Å². The number of rotatable bonds is 4. The van der Waals surface area contributed by atoms with Crippen LogP contribution in [0.3, 0.4) is 0 Å². The molecule has 0 bridgehead atoms. The molecule has 2 aromatic heterocycles. The Morgan fingerprint density at radius 2 is 2.17 bits per heavy atom. The lowest BCUT2D eigenvalue weighted by Gasteiger charge is -2.11. The van der Waals surface area contributed by atoms with Gasteiger partial charge in [0, 0.05) is 4.88 Å². The maximum atomic E-state index is 11.8. The maximum absolute atomic E-state index is 11.8. The van der Waals surface area contributed by atoms with Gasteiger partial charge in [-0.2, -0.15) is 0 Å². The van der Waals surface area contributed by atoms with Gasteiger partial charge in [0.1, 0.15) is 0 Å². The van der Waals surface area contributed by atoms with Crippen molar-refractivity contribution in [3.63, 3.8) is 0 Å². The number of furan rings is 1. The van der Waals surface area contributed by atoms with Crippen LogP contribution in [0.4, 0.5) is 0 Å². The topological polar surface area (TPSA) is 79.5 Å². The van der Waals surface area contributed by atoms with Gasteiger partial charge in [0.2, 0.25) is 0 Å². The number of nitrogens with one attached hydrogen (secondary N) is 1. The molecular weight excluding hydrogens is 322 g/mol. The van der Waals surface area contributed by atoms with Crippen LogP contribution >= 0.6 is 27.3 Å². The third kappa shape index (κ3) is 2.80. The van der Waals surface area contributed by atoms with Crippen molar-refractivity contribution in [1.82, 2.24) is 5.32 Å². The summed E-state index contributed by atoms with van der Waals surface area (Å²) in [6.45, 7) is 0. The summed E-state index contributed by atoms with van der Waals surface area (Å²) in [5.41, 5.74) is 0. The van der Waals surface area contributed by atoms with Crippen molar-refractivity contribution >= 4 is 39.1 Å². The highest BCUT2D eigenvalue weighted by Crippen LogP contribution is 2.20. The molecule has 0 saturated carbocycles. The first-order valence-electron chi connectivity index (χ1n) is 4.90. The predicted molar refractivity (Wildman–Crippen MR) is 68.6 cm³/mol. The molecule has 0 aliphatic rings. The molecule has 7 heteroatoms. The van der Waals surface area contributed by atoms with E-state index in [-0.39, 0.29) is 5.76 Å². The van der Waals surface area contributed by atoms with Gasteiger partial charge in [-0.15, -0.1) is 11.3 Å². The number of amides is 1. The minimum atomic E-state index is -1.11. The lowest BCUT2D eigenvalue weighted by molar-refractivity contribution is -0.139. The van der Waals surface area contributed by atoms with Crippen LogP contribution in [0.2, 0.25) is 0 Å². The molecule has 0 spiro atoms. The first-order chi connectivity index (χ1) is 8.58. The van der Waals surface area contributed by atoms with Crippen LogP contribution in [0.5, 0.6) is 0 Å². The van der Waals surface area contributed by atoms with Crippen LogP contribution < -0.4 is 5.32 Å². The number of hydrogen-bond acceptors (Lipinski definition) is 4. The number of carboxylic acids is 1. The zero-order valence-electron chi connectivity index (χ0n) is 8.92. The Bertz CT molecular complexity index is 563. The number of carboxylic acid groups (broad SMARTS) is 1. The minimum Gasteiger partial charge on any atom is -0.479 e. The van der Waals surface area contributed by atoms with Crippen LogP contribution in [0, 0.1) is 0 Å². The van der Waals surface area contributed by atoms with Crippen LogP contribution in [-0.4, -0.2) is 17.0 Å². The highest BCUT2D eigenvalue weighted by molar-refractivity contribution is 9.10. The smallest absolute Gasteiger partial charge is 0.331 e. The number of carbonyl (C=O) groups is 2. The summed E-state index contributed by atoms with van der Waals surface area (Å²) >= 11 is 4.34. The molecule has 5 nitrogen and oxygen atoms in total. The van der Waals surface area contributed by atoms with E-state index in [4.69, 9.17) is 9.52 Å². The number of aliphatic carboxylic acids is 1. The normalized spacial score (nSPS) is 12.1. The summed E-state index contributed by atoms with van der Waals surface area (Å²) in [5, 5.41) is 13.3. The van der Waals surface area contributed by atoms with Crippen molar-refractivity contribution in [3.05, 3.63) is 45.0 Å². The lowest BCUT2D eigenvalue weighted by atomic mass is 10.2. The van der Waals surface area contributed by atoms with E-state index in [1.807, 2.05) is 0 Å². The van der Waals surface area contributed by atoms with Crippen LogP contribution in [0.25, 0.3) is 0 Å². The monoisotopic (exact) mass is 329 g/mol. The molecule has 0 radical (unpaired) electrons. The second-order valence-corrected chi connectivity index (χ2v) is 5.12. The van der Waals surface area contributed by atoms with E-state index in [2.05, 4.69) is 21.2 Å². The minimum absolute atomic E-state index is 0.0599. The predicted octanol–water partition coefficient (Wildman–Crippen LogP) is 2.66. The molecule has 2 aromatic rings. The van der Waals surface area contributed by atoms with Crippen molar-refractivity contribution in [2.24, 2.45) is 0 Å². The summed E-state index contributed by atoms with van der Waals surface area (Å²) < 4.78 is 5.47. The molecular formula is C11H8BrNO4S. The highest BCUT2D eigenvalue weighted by Gasteiger charge is 2.24. The Hall–Kier alpha value is -1.60. The Balaban J connectivity index is 2.15. The zero-order valence-corrected chi connectivity index (χ0v) is 11.3. The average Bonchev–Trinajstić information content (AvgIpc) is 2.95. The van der Waals surface area contributed by atoms with E-state index < -0.39 is 17.9 Å². The van der Waals surface area contributed by atoms with Gasteiger partial charge in [-0.3, -0.25) is 4.79 Å². The summed E-state index contributed by atoms with van der Waals surface area (Å²) in [7, 11) is 0. The molecule has 1 amide bonds. The molecule has 0 saturated heterocycles. The van der Waals surface area contributed by atoms with E-state index in [9.17, 15) is 9.59 Å². The molecule has 18 heavy (non-hydrogen) atoms. The molecule has 1 unspecified atom stereocenters. The Morgan fingerprint density at radius 3 is 2.67 bits per heavy atom. The van der Waals surface area contributed by atoms with E-state index >= 15 is 0 Å². The van der Waals surface area contributed by atoms with Crippen LogP contribution in [0.15, 0.2) is 38.7 Å². The fraction of sp³-hybridized carbons (Fsp3) is 0.0909. The van der Waals surface area contributed by atoms with Gasteiger partial charge < -0.3 is 14.8 Å². The SMILES string of the molecule is O=C(NC(C(=O)O)c1cccs1)c1ccc(Br)o1. The van der Waals surface area contributed by atoms with Gasteiger partial charge in [0.25, 0.3) is 5.91 Å². The molecule has 0 aliphatic heterocycles. The van der Waals surface area contributed by atoms with Crippen LogP contribution in [-0.2, 0) is 4.79 Å². The van der Waals surface area contributed by atoms with E-state index in [1.54, 1.807) is 23.6 Å². The summed E-state index contributed by atoms with van der Waals surface area (Å²) in [6.07, 6.45) is 0. The first-order valence-corrected chi connectivity index (χ1v) is 6.57. The molecule has 0 aromatic carbocycles. The fourth-order valence-electron chi connectivity index (χ4n) is 1.35. The summed E-state index contributed by atoms with van der Waals surface area (Å²) in [6, 6.07) is 5.34. The third-order valence-corrected chi connectivity index (χ3v) is 3.51. The average molecular weight is 330 g/mol. The lowest BCUT2D eigenvalue weighted by Crippen LogP contribution is -2.32. The molecule has 2 N–H and O–H groups in total. The van der Waals surface area contributed by atoms with E-state index in [0.717, 1.165) is 0 Å². The molecule has 1 atom stereocenters. The van der Waals surface area contributed by atoms with Gasteiger partial charge in [0.05, 0.1) is 0 Å². The number of carbonyl (C=O) groups excluding carboxylic acids is 1. The Kier molecular flexibility index (Phi) is 3.83. The standard InChI is InChI=1S/C11H8BrNO4S/c12-8-4-3-6(17-8)10(14)13-9(11(15)16)7-2-1-5-18-7/h1-5,9H,(H,13,14)(H,15,16). The van der Waals surface area contributed by atoms with Crippen molar-refractivity contribution < 1.29 is 19.1 Å². The van der Waals surface area contributed by atoms with E-state index in [0.29, 0.717) is 9.55 Å². The van der Waals surface area contributed by atoms with Crippen molar-refractivity contribution in [1.29, 1.82) is 0 Å². The van der Waals surface area contributed by atoms with Crippen molar-refractivity contribution in [2.75, 3.05) is 0 Å². The molecule has 0 aliphatic carbocycles. The Morgan fingerprint density at radius 1 is 1.39 bits per heavy atom. The summed E-state index contributed by atoms with van der Waals surface area (Å²) in [4.78, 5) is 23.5. The maximum Gasteiger partial charge on any atom is 0.331 e. The third-order valence-electron chi connectivity index (χ3n) is 2.15. The number of thiophene rings is 1. The second-order valence-electron chi connectivity index (χ2n) is 3.36. The Labute approximate surface area is 115 Å². The van der Waals surface area contributed by atoms with Crippen molar-refractivity contribution in [3.8, 4) is 0 Å². The van der Waals surface area contributed by atoms with Gasteiger partial charge in [-0.1, -0.05) is 6.07 Å². The fourth-order valence-corrected chi connectivity index (χ4v) is 2.42.